The summed E-state index contributed by atoms with van der Waals surface area (Å²) < 4.78 is 1.20. The Bertz CT molecular complexity index is 318. The Labute approximate surface area is 105 Å². The molecule has 1 atom stereocenters. The molecular formula is C13H17IO. The Hall–Kier alpha value is -0.0900. The second-order valence-corrected chi connectivity index (χ2v) is 5.70. The van der Waals surface area contributed by atoms with Gasteiger partial charge >= 0.3 is 0 Å². The van der Waals surface area contributed by atoms with E-state index in [-0.39, 0.29) is 6.10 Å². The van der Waals surface area contributed by atoms with E-state index in [1.165, 1.54) is 29.3 Å². The first-order valence-corrected chi connectivity index (χ1v) is 6.77. The monoisotopic (exact) mass is 316 g/mol. The zero-order valence-corrected chi connectivity index (χ0v) is 11.0. The number of benzene rings is 1. The number of hydrogen-bond donors (Lipinski definition) is 1. The summed E-state index contributed by atoms with van der Waals surface area (Å²) in [5, 5.41) is 10.1. The van der Waals surface area contributed by atoms with E-state index in [9.17, 15) is 5.11 Å². The van der Waals surface area contributed by atoms with E-state index in [1.807, 2.05) is 12.1 Å². The van der Waals surface area contributed by atoms with Crippen molar-refractivity contribution < 1.29 is 5.11 Å². The Morgan fingerprint density at radius 2 is 2.07 bits per heavy atom. The van der Waals surface area contributed by atoms with Gasteiger partial charge in [0.25, 0.3) is 0 Å². The zero-order valence-electron chi connectivity index (χ0n) is 8.82. The first-order valence-electron chi connectivity index (χ1n) is 5.69. The highest BCUT2D eigenvalue weighted by molar-refractivity contribution is 14.1. The molecule has 2 rings (SSSR count). The van der Waals surface area contributed by atoms with E-state index < -0.39 is 0 Å². The minimum Gasteiger partial charge on any atom is -0.388 e. The van der Waals surface area contributed by atoms with Gasteiger partial charge in [0.05, 0.1) is 6.10 Å². The van der Waals surface area contributed by atoms with Gasteiger partial charge in [0, 0.05) is 3.57 Å². The first kappa shape index (κ1) is 11.4. The fourth-order valence-corrected chi connectivity index (χ4v) is 2.98. The molecule has 0 aliphatic heterocycles. The molecule has 0 amide bonds. The third-order valence-corrected chi connectivity index (χ3v) is 3.94. The van der Waals surface area contributed by atoms with Gasteiger partial charge in [-0.2, -0.15) is 0 Å². The molecule has 1 aromatic rings. The second-order valence-electron chi connectivity index (χ2n) is 4.46. The summed E-state index contributed by atoms with van der Waals surface area (Å²) in [7, 11) is 0. The Morgan fingerprint density at radius 3 is 2.73 bits per heavy atom. The molecule has 1 aliphatic rings. The highest BCUT2D eigenvalue weighted by atomic mass is 127. The quantitative estimate of drug-likeness (QED) is 0.839. The van der Waals surface area contributed by atoms with Gasteiger partial charge in [0.15, 0.2) is 0 Å². The lowest BCUT2D eigenvalue weighted by Gasteiger charge is -2.15. The Balaban J connectivity index is 1.97. The molecule has 0 aromatic heterocycles. The third kappa shape index (κ3) is 3.18. The molecule has 0 heterocycles. The van der Waals surface area contributed by atoms with Crippen LogP contribution in [0.25, 0.3) is 0 Å². The highest BCUT2D eigenvalue weighted by Crippen LogP contribution is 2.33. The van der Waals surface area contributed by atoms with Crippen molar-refractivity contribution in [3.63, 3.8) is 0 Å². The van der Waals surface area contributed by atoms with Crippen molar-refractivity contribution in [2.75, 3.05) is 0 Å². The van der Waals surface area contributed by atoms with E-state index in [1.54, 1.807) is 0 Å². The van der Waals surface area contributed by atoms with Crippen molar-refractivity contribution in [3.05, 3.63) is 33.4 Å². The van der Waals surface area contributed by atoms with Crippen LogP contribution in [0.4, 0.5) is 0 Å². The van der Waals surface area contributed by atoms with E-state index in [0.29, 0.717) is 0 Å². The van der Waals surface area contributed by atoms with Gasteiger partial charge in [-0.05, 0) is 52.6 Å². The summed E-state index contributed by atoms with van der Waals surface area (Å²) in [6.45, 7) is 0. The molecule has 0 radical (unpaired) electrons. The molecule has 0 saturated heterocycles. The van der Waals surface area contributed by atoms with Crippen molar-refractivity contribution in [1.29, 1.82) is 0 Å². The predicted molar refractivity (Wildman–Crippen MR) is 70.7 cm³/mol. The Morgan fingerprint density at radius 1 is 1.33 bits per heavy atom. The fraction of sp³-hybridized carbons (Fsp3) is 0.538. The summed E-state index contributed by atoms with van der Waals surface area (Å²) in [6, 6.07) is 8.20. The van der Waals surface area contributed by atoms with E-state index in [0.717, 1.165) is 17.9 Å². The third-order valence-electron chi connectivity index (χ3n) is 3.26. The van der Waals surface area contributed by atoms with Gasteiger partial charge < -0.3 is 5.11 Å². The van der Waals surface area contributed by atoms with Crippen molar-refractivity contribution in [1.82, 2.24) is 0 Å². The van der Waals surface area contributed by atoms with Gasteiger partial charge in [0.2, 0.25) is 0 Å². The van der Waals surface area contributed by atoms with Gasteiger partial charge in [-0.15, -0.1) is 0 Å². The number of aliphatic hydroxyl groups excluding tert-OH is 1. The van der Waals surface area contributed by atoms with Crippen LogP contribution in [-0.2, 0) is 0 Å². The molecule has 1 fully saturated rings. The van der Waals surface area contributed by atoms with E-state index in [4.69, 9.17) is 0 Å². The van der Waals surface area contributed by atoms with Crippen molar-refractivity contribution in [2.45, 2.75) is 38.2 Å². The van der Waals surface area contributed by atoms with Crippen LogP contribution in [0.3, 0.4) is 0 Å². The predicted octanol–water partition coefficient (Wildman–Crippen LogP) is 3.90. The molecule has 82 valence electrons. The summed E-state index contributed by atoms with van der Waals surface area (Å²) in [5.74, 6) is 0.748. The van der Waals surface area contributed by atoms with E-state index >= 15 is 0 Å². The number of aliphatic hydroxyl groups is 1. The smallest absolute Gasteiger partial charge is 0.0793 e. The molecule has 0 bridgehead atoms. The maximum absolute atomic E-state index is 10.1. The maximum atomic E-state index is 10.1. The number of halogens is 1. The van der Waals surface area contributed by atoms with Gasteiger partial charge in [-0.1, -0.05) is 37.8 Å². The van der Waals surface area contributed by atoms with Crippen molar-refractivity contribution in [3.8, 4) is 0 Å². The largest absolute Gasteiger partial charge is 0.388 e. The molecular weight excluding hydrogens is 299 g/mol. The molecule has 1 unspecified atom stereocenters. The minimum absolute atomic E-state index is 0.261. The molecule has 0 spiro atoms. The Kier molecular flexibility index (Phi) is 4.03. The van der Waals surface area contributed by atoms with Gasteiger partial charge in [-0.3, -0.25) is 0 Å². The molecule has 1 aromatic carbocycles. The molecule has 1 N–H and O–H groups in total. The van der Waals surface area contributed by atoms with E-state index in [2.05, 4.69) is 34.7 Å². The lowest BCUT2D eigenvalue weighted by atomic mass is 9.96. The number of hydrogen-bond acceptors (Lipinski definition) is 1. The summed E-state index contributed by atoms with van der Waals surface area (Å²) in [5.41, 5.74) is 1.08. The van der Waals surface area contributed by atoms with Crippen LogP contribution in [-0.4, -0.2) is 5.11 Å². The molecule has 1 aliphatic carbocycles. The van der Waals surface area contributed by atoms with Crippen molar-refractivity contribution in [2.24, 2.45) is 5.92 Å². The van der Waals surface area contributed by atoms with Crippen molar-refractivity contribution >= 4 is 22.6 Å². The molecule has 15 heavy (non-hydrogen) atoms. The molecule has 2 heteroatoms. The van der Waals surface area contributed by atoms with Crippen LogP contribution < -0.4 is 0 Å². The standard InChI is InChI=1S/C13H17IO/c14-12-7-3-6-11(9-12)13(15)8-10-4-1-2-5-10/h3,6-7,9-10,13,15H,1-2,4-5,8H2. The summed E-state index contributed by atoms with van der Waals surface area (Å²) in [4.78, 5) is 0. The molecule has 1 nitrogen and oxygen atoms in total. The lowest BCUT2D eigenvalue weighted by Crippen LogP contribution is -2.04. The van der Waals surface area contributed by atoms with Crippen LogP contribution in [0.5, 0.6) is 0 Å². The van der Waals surface area contributed by atoms with Gasteiger partial charge in [0.1, 0.15) is 0 Å². The highest BCUT2D eigenvalue weighted by Gasteiger charge is 2.19. The average Bonchev–Trinajstić information content (AvgIpc) is 2.70. The van der Waals surface area contributed by atoms with Crippen LogP contribution in [0, 0.1) is 9.49 Å². The summed E-state index contributed by atoms with van der Waals surface area (Å²) in [6.07, 6.45) is 6.00. The SMILES string of the molecule is OC(CC1CCCC1)c1cccc(I)c1. The van der Waals surface area contributed by atoms with Gasteiger partial charge in [-0.25, -0.2) is 0 Å². The molecule has 1 saturated carbocycles. The van der Waals surface area contributed by atoms with Crippen LogP contribution >= 0.6 is 22.6 Å². The number of rotatable bonds is 3. The zero-order chi connectivity index (χ0) is 10.7. The average molecular weight is 316 g/mol. The maximum Gasteiger partial charge on any atom is 0.0793 e. The van der Waals surface area contributed by atoms with Crippen LogP contribution in [0.1, 0.15) is 43.8 Å². The van der Waals surface area contributed by atoms with Crippen LogP contribution in [0.2, 0.25) is 0 Å². The fourth-order valence-electron chi connectivity index (χ4n) is 2.41. The van der Waals surface area contributed by atoms with Crippen LogP contribution in [0.15, 0.2) is 24.3 Å². The second kappa shape index (κ2) is 5.30. The minimum atomic E-state index is -0.261. The summed E-state index contributed by atoms with van der Waals surface area (Å²) >= 11 is 2.29. The first-order chi connectivity index (χ1) is 7.25. The normalized spacial score (nSPS) is 19.3. The topological polar surface area (TPSA) is 20.2 Å². The lowest BCUT2D eigenvalue weighted by molar-refractivity contribution is 0.145.